The highest BCUT2D eigenvalue weighted by Gasteiger charge is 2.41. The van der Waals surface area contributed by atoms with E-state index >= 15 is 0 Å². The summed E-state index contributed by atoms with van der Waals surface area (Å²) >= 11 is 0. The molecule has 0 aromatic carbocycles. The summed E-state index contributed by atoms with van der Waals surface area (Å²) in [4.78, 5) is 0. The van der Waals surface area contributed by atoms with Crippen LogP contribution in [0.25, 0.3) is 0 Å². The van der Waals surface area contributed by atoms with Crippen LogP contribution in [0.1, 0.15) is 0 Å². The number of rotatable bonds is 6. The van der Waals surface area contributed by atoms with E-state index in [0.29, 0.717) is 0 Å². The smallest absolute Gasteiger partial charge is 0.123 e. The van der Waals surface area contributed by atoms with Gasteiger partial charge in [-0.05, 0) is 20.8 Å². The van der Waals surface area contributed by atoms with Crippen LogP contribution in [-0.4, -0.2) is 40.4 Å². The van der Waals surface area contributed by atoms with Crippen molar-refractivity contribution in [3.8, 4) is 0 Å². The zero-order valence-corrected chi connectivity index (χ0v) is 26.7. The lowest BCUT2D eigenvalue weighted by molar-refractivity contribution is 1.57. The molecule has 0 amide bonds. The summed E-state index contributed by atoms with van der Waals surface area (Å²) in [5.74, 6) is 0. The third-order valence-electron chi connectivity index (χ3n) is 6.10. The Morgan fingerprint density at radius 2 is 0.724 bits per heavy atom. The number of hydrogen-bond acceptors (Lipinski definition) is 0. The Kier molecular flexibility index (Phi) is 6.29. The van der Waals surface area contributed by atoms with E-state index in [1.807, 2.05) is 0 Å². The summed E-state index contributed by atoms with van der Waals surface area (Å²) in [6.45, 7) is 35.0. The van der Waals surface area contributed by atoms with E-state index in [0.717, 1.165) is 0 Å². The van der Waals surface area contributed by atoms with Crippen LogP contribution in [0.2, 0.25) is 91.7 Å². The quantitative estimate of drug-likeness (QED) is 0.271. The zero-order chi connectivity index (χ0) is 22.8. The fourth-order valence-corrected chi connectivity index (χ4v) is 16.9. The van der Waals surface area contributed by atoms with E-state index in [1.165, 1.54) is 10.4 Å². The highest BCUT2D eigenvalue weighted by Crippen LogP contribution is 2.41. The van der Waals surface area contributed by atoms with Crippen molar-refractivity contribution in [1.82, 2.24) is 0 Å². The molecular formula is C24H44Si5. The molecule has 0 aromatic heterocycles. The maximum Gasteiger partial charge on any atom is 0.131 e. The van der Waals surface area contributed by atoms with Crippen molar-refractivity contribution in [2.45, 2.75) is 91.7 Å². The van der Waals surface area contributed by atoms with Gasteiger partial charge < -0.3 is 0 Å². The minimum atomic E-state index is -1.81. The fraction of sp³-hybridized carbons (Fsp3) is 0.583. The van der Waals surface area contributed by atoms with Gasteiger partial charge in [-0.15, -0.1) is 11.5 Å². The maximum absolute atomic E-state index is 4.03. The predicted molar refractivity (Wildman–Crippen MR) is 148 cm³/mol. The second-order valence-corrected chi connectivity index (χ2v) is 38.0. The van der Waals surface area contributed by atoms with Crippen molar-refractivity contribution in [1.29, 1.82) is 0 Å². The van der Waals surface area contributed by atoms with Crippen LogP contribution >= 0.6 is 0 Å². The molecule has 160 valence electrons. The lowest BCUT2D eigenvalue weighted by atomic mass is 10.5. The number of hydrogen-bond donors (Lipinski definition) is 0. The molecule has 0 aromatic rings. The second kappa shape index (κ2) is 7.34. The van der Waals surface area contributed by atoms with Crippen molar-refractivity contribution >= 4 is 40.4 Å². The second-order valence-electron chi connectivity index (χ2n) is 13.6. The molecule has 0 bridgehead atoms. The van der Waals surface area contributed by atoms with Crippen molar-refractivity contribution < 1.29 is 0 Å². The summed E-state index contributed by atoms with van der Waals surface area (Å²) in [5.41, 5.74) is 8.07. The maximum atomic E-state index is 4.03. The molecule has 29 heavy (non-hydrogen) atoms. The van der Waals surface area contributed by atoms with E-state index in [2.05, 4.69) is 115 Å². The van der Waals surface area contributed by atoms with Crippen molar-refractivity contribution in [2.24, 2.45) is 0 Å². The van der Waals surface area contributed by atoms with Crippen LogP contribution < -0.4 is 0 Å². The van der Waals surface area contributed by atoms with Crippen LogP contribution in [0.4, 0.5) is 0 Å². The molecule has 5 heteroatoms. The summed E-state index contributed by atoms with van der Waals surface area (Å²) in [5, 5.41) is 9.62. The van der Waals surface area contributed by atoms with Crippen LogP contribution in [0.3, 0.4) is 0 Å². The van der Waals surface area contributed by atoms with Gasteiger partial charge in [0.15, 0.2) is 0 Å². The molecule has 2 aliphatic rings. The van der Waals surface area contributed by atoms with Gasteiger partial charge in [0.25, 0.3) is 0 Å². The van der Waals surface area contributed by atoms with E-state index < -0.39 is 40.4 Å². The molecule has 2 rings (SSSR count). The standard InChI is InChI=1S/C24H44Si5/c1-25(2,3)21-15-19(16-22(21)26(4,5)6)29(13,14)20-17-23(27(7,8)9)24(18-20)28(10,11)12/h15,17H,1-14H3. The fourth-order valence-electron chi connectivity index (χ4n) is 4.09. The molecule has 2 aliphatic carbocycles. The Morgan fingerprint density at radius 3 is 0.897 bits per heavy atom. The van der Waals surface area contributed by atoms with Crippen LogP contribution in [0, 0.1) is 0 Å². The Morgan fingerprint density at radius 1 is 0.448 bits per heavy atom. The molecule has 0 N–H and O–H groups in total. The van der Waals surface area contributed by atoms with E-state index in [4.69, 9.17) is 0 Å². The minimum absolute atomic E-state index is 1.38. The first-order valence-corrected chi connectivity index (χ1v) is 28.2. The van der Waals surface area contributed by atoms with Crippen LogP contribution in [0.15, 0.2) is 54.8 Å². The third-order valence-corrected chi connectivity index (χ3v) is 17.6. The van der Waals surface area contributed by atoms with E-state index in [-0.39, 0.29) is 0 Å². The normalized spacial score (nSPS) is 18.8. The molecule has 0 heterocycles. The van der Waals surface area contributed by atoms with Gasteiger partial charge >= 0.3 is 0 Å². The lowest BCUT2D eigenvalue weighted by Gasteiger charge is -2.28. The summed E-state index contributed by atoms with van der Waals surface area (Å²) in [6.07, 6.45) is 5.19. The first kappa shape index (κ1) is 24.9. The molecule has 0 aliphatic heterocycles. The van der Waals surface area contributed by atoms with Gasteiger partial charge in [0.05, 0.1) is 32.3 Å². The molecule has 0 saturated heterocycles. The van der Waals surface area contributed by atoms with Crippen molar-refractivity contribution in [2.75, 3.05) is 0 Å². The Bertz CT molecular complexity index is 838. The third kappa shape index (κ3) is 5.09. The van der Waals surface area contributed by atoms with Crippen molar-refractivity contribution in [3.63, 3.8) is 0 Å². The first-order valence-electron chi connectivity index (χ1n) is 11.2. The molecular weight excluding hydrogens is 429 g/mol. The summed E-state index contributed by atoms with van der Waals surface area (Å²) < 4.78 is 0. The molecule has 0 unspecified atom stereocenters. The van der Waals surface area contributed by atoms with E-state index in [1.54, 1.807) is 20.8 Å². The summed E-state index contributed by atoms with van der Waals surface area (Å²) in [7, 11) is -7.39. The zero-order valence-electron chi connectivity index (χ0n) is 21.7. The lowest BCUT2D eigenvalue weighted by Crippen LogP contribution is -2.34. The molecule has 0 spiro atoms. The van der Waals surface area contributed by atoms with Gasteiger partial charge in [0, 0.05) is 0 Å². The minimum Gasteiger partial charge on any atom is -0.123 e. The molecule has 0 radical (unpaired) electrons. The highest BCUT2D eigenvalue weighted by atomic mass is 28.3. The van der Waals surface area contributed by atoms with E-state index in [9.17, 15) is 0 Å². The Balaban J connectivity index is 2.73. The van der Waals surface area contributed by atoms with Gasteiger partial charge in [-0.3, -0.25) is 0 Å². The largest absolute Gasteiger partial charge is 0.131 e. The first-order chi connectivity index (χ1) is 12.7. The van der Waals surface area contributed by atoms with Gasteiger partial charge in [-0.25, -0.2) is 0 Å². The van der Waals surface area contributed by atoms with Crippen molar-refractivity contribution in [3.05, 3.63) is 54.8 Å². The van der Waals surface area contributed by atoms with Gasteiger partial charge in [-0.1, -0.05) is 114 Å². The molecule has 0 fully saturated rings. The Labute approximate surface area is 186 Å². The topological polar surface area (TPSA) is 0 Å². The monoisotopic (exact) mass is 472 g/mol. The van der Waals surface area contributed by atoms with Crippen LogP contribution in [-0.2, 0) is 0 Å². The molecule has 0 saturated carbocycles. The van der Waals surface area contributed by atoms with Gasteiger partial charge in [-0.2, -0.15) is 0 Å². The summed E-state index contributed by atoms with van der Waals surface area (Å²) in [6, 6.07) is 0. The average molecular weight is 473 g/mol. The Hall–Kier alpha value is -0.396. The van der Waals surface area contributed by atoms with Gasteiger partial charge in [0.1, 0.15) is 8.07 Å². The predicted octanol–water partition coefficient (Wildman–Crippen LogP) is 8.07. The number of allylic oxidation sites excluding steroid dienone is 6. The molecule has 0 atom stereocenters. The highest BCUT2D eigenvalue weighted by molar-refractivity contribution is 6.96. The molecule has 0 nitrogen and oxygen atoms in total. The van der Waals surface area contributed by atoms with Crippen LogP contribution in [0.5, 0.6) is 0 Å². The van der Waals surface area contributed by atoms with Gasteiger partial charge in [0.2, 0.25) is 0 Å². The average Bonchev–Trinajstić information content (AvgIpc) is 3.10. The SMILES string of the molecule is C[Si](C)(C)C1=C=C([Si](C)(C)C2=C=C([Si](C)(C)C)C([Si](C)(C)C)=C2)C=C1[Si](C)(C)C.